The third kappa shape index (κ3) is 4.89. The van der Waals surface area contributed by atoms with E-state index in [9.17, 15) is 9.59 Å². The van der Waals surface area contributed by atoms with Crippen molar-refractivity contribution in [3.8, 4) is 0 Å². The Labute approximate surface area is 153 Å². The fourth-order valence-electron chi connectivity index (χ4n) is 2.95. The summed E-state index contributed by atoms with van der Waals surface area (Å²) in [5, 5.41) is 3.88. The molecule has 5 nitrogen and oxygen atoms in total. The van der Waals surface area contributed by atoms with Gasteiger partial charge in [-0.05, 0) is 17.2 Å². The van der Waals surface area contributed by atoms with Crippen LogP contribution in [0.4, 0.5) is 0 Å². The van der Waals surface area contributed by atoms with Crippen molar-refractivity contribution in [2.75, 3.05) is 13.1 Å². The second-order valence-electron chi connectivity index (χ2n) is 6.17. The highest BCUT2D eigenvalue weighted by Gasteiger charge is 2.31. The molecule has 0 aromatic heterocycles. The predicted molar refractivity (Wildman–Crippen MR) is 102 cm³/mol. The zero-order valence-electron chi connectivity index (χ0n) is 14.4. The summed E-state index contributed by atoms with van der Waals surface area (Å²) in [4.78, 5) is 25.7. The molecule has 1 saturated heterocycles. The van der Waals surface area contributed by atoms with Crippen molar-refractivity contribution >= 4 is 24.1 Å². The van der Waals surface area contributed by atoms with Gasteiger partial charge in [0.1, 0.15) is 6.54 Å². The van der Waals surface area contributed by atoms with Crippen LogP contribution >= 0.6 is 0 Å². The van der Waals surface area contributed by atoms with Gasteiger partial charge in [0.15, 0.2) is 0 Å². The molecule has 2 aromatic carbocycles. The predicted octanol–water partition coefficient (Wildman–Crippen LogP) is 2.82. The number of allylic oxidation sites excluding steroid dienone is 1. The summed E-state index contributed by atoms with van der Waals surface area (Å²) in [7, 11) is 0. The van der Waals surface area contributed by atoms with Crippen LogP contribution in [0, 0.1) is 0 Å². The van der Waals surface area contributed by atoms with Gasteiger partial charge in [0, 0.05) is 25.1 Å². The maximum absolute atomic E-state index is 12.1. The van der Waals surface area contributed by atoms with Crippen LogP contribution in [-0.4, -0.2) is 36.0 Å². The molecule has 1 aliphatic heterocycles. The Kier molecular flexibility index (Phi) is 5.93. The van der Waals surface area contributed by atoms with Gasteiger partial charge in [0.05, 0.1) is 0 Å². The summed E-state index contributed by atoms with van der Waals surface area (Å²) in [6, 6.07) is 19.7. The monoisotopic (exact) mass is 347 g/mol. The maximum atomic E-state index is 12.1. The lowest BCUT2D eigenvalue weighted by molar-refractivity contribution is -0.133. The minimum atomic E-state index is -0.295. The number of carbonyl (C=O) groups is 2. The number of hydrogen-bond acceptors (Lipinski definition) is 3. The molecule has 2 aromatic rings. The van der Waals surface area contributed by atoms with E-state index < -0.39 is 0 Å². The van der Waals surface area contributed by atoms with Crippen molar-refractivity contribution in [1.82, 2.24) is 10.3 Å². The van der Waals surface area contributed by atoms with E-state index in [1.165, 1.54) is 6.21 Å². The molecule has 26 heavy (non-hydrogen) atoms. The fraction of sp³-hybridized carbons (Fsp3) is 0.190. The van der Waals surface area contributed by atoms with Gasteiger partial charge in [-0.25, -0.2) is 5.43 Å². The standard InChI is InChI=1S/C21H21N3O2/c25-20(23-22-13-7-10-17-8-3-1-4-9-17)16-24-15-19(14-21(24)26)18-11-5-2-6-12-18/h1-13,19H,14-16H2,(H,23,25)/b10-7+,22-13+. The Morgan fingerprint density at radius 3 is 2.54 bits per heavy atom. The average Bonchev–Trinajstić information content (AvgIpc) is 3.03. The first-order chi connectivity index (χ1) is 12.7. The van der Waals surface area contributed by atoms with Gasteiger partial charge in [0.25, 0.3) is 5.91 Å². The molecule has 1 aliphatic rings. The Hall–Kier alpha value is -3.21. The largest absolute Gasteiger partial charge is 0.333 e. The molecule has 5 heteroatoms. The van der Waals surface area contributed by atoms with E-state index in [1.54, 1.807) is 11.0 Å². The molecule has 0 radical (unpaired) electrons. The van der Waals surface area contributed by atoms with Gasteiger partial charge in [-0.1, -0.05) is 66.7 Å². The molecule has 1 N–H and O–H groups in total. The molecule has 3 rings (SSSR count). The third-order valence-corrected chi connectivity index (χ3v) is 4.26. The lowest BCUT2D eigenvalue weighted by Gasteiger charge is -2.15. The minimum absolute atomic E-state index is 0.00181. The zero-order valence-corrected chi connectivity index (χ0v) is 14.4. The second-order valence-corrected chi connectivity index (χ2v) is 6.17. The molecule has 1 fully saturated rings. The van der Waals surface area contributed by atoms with Crippen LogP contribution in [-0.2, 0) is 9.59 Å². The smallest absolute Gasteiger partial charge is 0.259 e. The molecule has 132 valence electrons. The van der Waals surface area contributed by atoms with Crippen molar-refractivity contribution in [3.63, 3.8) is 0 Å². The van der Waals surface area contributed by atoms with E-state index in [-0.39, 0.29) is 24.3 Å². The van der Waals surface area contributed by atoms with E-state index in [2.05, 4.69) is 10.5 Å². The summed E-state index contributed by atoms with van der Waals surface area (Å²) < 4.78 is 0. The number of amides is 2. The Morgan fingerprint density at radius 1 is 1.12 bits per heavy atom. The molecule has 0 spiro atoms. The summed E-state index contributed by atoms with van der Waals surface area (Å²) >= 11 is 0. The molecule has 0 saturated carbocycles. The molecule has 2 amide bonds. The van der Waals surface area contributed by atoms with Crippen molar-refractivity contribution in [2.24, 2.45) is 5.10 Å². The first kappa shape index (κ1) is 17.6. The molecular formula is C21H21N3O2. The lowest BCUT2D eigenvalue weighted by Crippen LogP contribution is -2.36. The van der Waals surface area contributed by atoms with E-state index in [1.807, 2.05) is 66.7 Å². The first-order valence-electron chi connectivity index (χ1n) is 8.59. The van der Waals surface area contributed by atoms with Crippen LogP contribution in [0.3, 0.4) is 0 Å². The fourth-order valence-corrected chi connectivity index (χ4v) is 2.95. The third-order valence-electron chi connectivity index (χ3n) is 4.26. The summed E-state index contributed by atoms with van der Waals surface area (Å²) in [5.74, 6) is -0.146. The van der Waals surface area contributed by atoms with Gasteiger partial charge in [-0.3, -0.25) is 9.59 Å². The van der Waals surface area contributed by atoms with Crippen molar-refractivity contribution in [2.45, 2.75) is 12.3 Å². The molecule has 1 atom stereocenters. The number of rotatable bonds is 6. The van der Waals surface area contributed by atoms with Crippen LogP contribution in [0.1, 0.15) is 23.5 Å². The van der Waals surface area contributed by atoms with Gasteiger partial charge in [0.2, 0.25) is 5.91 Å². The number of likely N-dealkylation sites (tertiary alicyclic amines) is 1. The van der Waals surface area contributed by atoms with Crippen LogP contribution in [0.25, 0.3) is 6.08 Å². The van der Waals surface area contributed by atoms with E-state index in [0.717, 1.165) is 11.1 Å². The average molecular weight is 347 g/mol. The summed E-state index contributed by atoms with van der Waals surface area (Å²) in [5.41, 5.74) is 4.64. The van der Waals surface area contributed by atoms with E-state index in [0.29, 0.717) is 13.0 Å². The molecule has 1 heterocycles. The number of hydrazone groups is 1. The van der Waals surface area contributed by atoms with Gasteiger partial charge < -0.3 is 4.90 Å². The number of benzene rings is 2. The Bertz CT molecular complexity index is 801. The van der Waals surface area contributed by atoms with Crippen LogP contribution in [0.15, 0.2) is 71.8 Å². The number of nitrogens with one attached hydrogen (secondary N) is 1. The number of nitrogens with zero attached hydrogens (tertiary/aromatic N) is 2. The minimum Gasteiger partial charge on any atom is -0.333 e. The Morgan fingerprint density at radius 2 is 1.81 bits per heavy atom. The van der Waals surface area contributed by atoms with Gasteiger partial charge in [-0.15, -0.1) is 0 Å². The van der Waals surface area contributed by atoms with Crippen LogP contribution < -0.4 is 5.43 Å². The van der Waals surface area contributed by atoms with Crippen molar-refractivity contribution < 1.29 is 9.59 Å². The van der Waals surface area contributed by atoms with Crippen LogP contribution in [0.5, 0.6) is 0 Å². The molecular weight excluding hydrogens is 326 g/mol. The SMILES string of the molecule is O=C(CN1CC(c2ccccc2)CC1=O)N/N=C/C=C/c1ccccc1. The Balaban J connectivity index is 1.45. The quantitative estimate of drug-likeness (QED) is 0.645. The van der Waals surface area contributed by atoms with Gasteiger partial charge in [-0.2, -0.15) is 5.10 Å². The highest BCUT2D eigenvalue weighted by molar-refractivity contribution is 5.87. The molecule has 0 aliphatic carbocycles. The molecule has 1 unspecified atom stereocenters. The summed E-state index contributed by atoms with van der Waals surface area (Å²) in [6.07, 6.45) is 5.61. The van der Waals surface area contributed by atoms with E-state index >= 15 is 0 Å². The second kappa shape index (κ2) is 8.76. The topological polar surface area (TPSA) is 61.8 Å². The van der Waals surface area contributed by atoms with Crippen molar-refractivity contribution in [3.05, 3.63) is 77.9 Å². The lowest BCUT2D eigenvalue weighted by atomic mass is 9.99. The first-order valence-corrected chi connectivity index (χ1v) is 8.59. The normalized spacial score (nSPS) is 17.3. The van der Waals surface area contributed by atoms with Gasteiger partial charge >= 0.3 is 0 Å². The maximum Gasteiger partial charge on any atom is 0.259 e. The highest BCUT2D eigenvalue weighted by atomic mass is 16.2. The van der Waals surface area contributed by atoms with Crippen LogP contribution in [0.2, 0.25) is 0 Å². The van der Waals surface area contributed by atoms with Crippen molar-refractivity contribution in [1.29, 1.82) is 0 Å². The zero-order chi connectivity index (χ0) is 18.2. The number of hydrogen-bond donors (Lipinski definition) is 1. The highest BCUT2D eigenvalue weighted by Crippen LogP contribution is 2.27. The van der Waals surface area contributed by atoms with E-state index in [4.69, 9.17) is 0 Å². The number of carbonyl (C=O) groups excluding carboxylic acids is 2. The molecule has 0 bridgehead atoms. The summed E-state index contributed by atoms with van der Waals surface area (Å²) in [6.45, 7) is 0.593.